The van der Waals surface area contributed by atoms with Crippen LogP contribution in [0.25, 0.3) is 0 Å². The molecule has 1 heterocycles. The van der Waals surface area contributed by atoms with Gasteiger partial charge in [-0.05, 0) is 35.9 Å². The van der Waals surface area contributed by atoms with Crippen LogP contribution in [0, 0.1) is 11.3 Å². The Kier molecular flexibility index (Phi) is 5.86. The molecule has 0 unspecified atom stereocenters. The second-order valence-electron chi connectivity index (χ2n) is 5.81. The first-order valence-electron chi connectivity index (χ1n) is 7.42. The highest BCUT2D eigenvalue weighted by molar-refractivity contribution is 7.90. The summed E-state index contributed by atoms with van der Waals surface area (Å²) in [6, 6.07) is 2.87. The van der Waals surface area contributed by atoms with Crippen LogP contribution in [0.4, 0.5) is 0 Å². The number of nitrogens with zero attached hydrogens (tertiary/aromatic N) is 4. The quantitative estimate of drug-likeness (QED) is 0.298. The van der Waals surface area contributed by atoms with E-state index < -0.39 is 21.4 Å². The van der Waals surface area contributed by atoms with Crippen LogP contribution in [0.3, 0.4) is 0 Å². The molecule has 0 aliphatic heterocycles. The predicted molar refractivity (Wildman–Crippen MR) is 94.0 cm³/mol. The first kappa shape index (κ1) is 19.0. The smallest absolute Gasteiger partial charge is 0.252 e. The topological polar surface area (TPSA) is 150 Å². The highest BCUT2D eigenvalue weighted by atomic mass is 32.2. The van der Waals surface area contributed by atoms with Crippen molar-refractivity contribution in [1.29, 1.82) is 5.26 Å². The second kappa shape index (κ2) is 7.71. The Hall–Kier alpha value is -2.32. The lowest BCUT2D eigenvalue weighted by Gasteiger charge is -2.16. The van der Waals surface area contributed by atoms with Crippen molar-refractivity contribution in [3.63, 3.8) is 0 Å². The molecule has 1 aromatic rings. The third-order valence-electron chi connectivity index (χ3n) is 3.55. The zero-order valence-corrected chi connectivity index (χ0v) is 15.2. The highest BCUT2D eigenvalue weighted by Crippen LogP contribution is 2.39. The highest BCUT2D eigenvalue weighted by Gasteiger charge is 2.44. The van der Waals surface area contributed by atoms with Gasteiger partial charge in [0.1, 0.15) is 15.7 Å². The average Bonchev–Trinajstić information content (AvgIpc) is 3.11. The molecule has 1 amide bonds. The minimum absolute atomic E-state index is 0.0585. The number of hydrogen-bond donors (Lipinski definition) is 2. The number of carbonyl (C=O) groups is 1. The van der Waals surface area contributed by atoms with E-state index in [1.54, 1.807) is 16.8 Å². The summed E-state index contributed by atoms with van der Waals surface area (Å²) in [5.41, 5.74) is 5.48. The maximum Gasteiger partial charge on any atom is 0.252 e. The number of nitriles is 1. The number of amidine groups is 1. The van der Waals surface area contributed by atoms with Gasteiger partial charge >= 0.3 is 0 Å². The Morgan fingerprint density at radius 2 is 2.28 bits per heavy atom. The van der Waals surface area contributed by atoms with Crippen molar-refractivity contribution in [2.24, 2.45) is 21.2 Å². The lowest BCUT2D eigenvalue weighted by atomic mass is 10.2. The molecule has 11 heteroatoms. The summed E-state index contributed by atoms with van der Waals surface area (Å²) < 4.78 is 22.8. The van der Waals surface area contributed by atoms with Crippen molar-refractivity contribution in [1.82, 2.24) is 5.32 Å². The fraction of sp³-hybridized carbons (Fsp3) is 0.500. The number of amides is 1. The van der Waals surface area contributed by atoms with Gasteiger partial charge in [0.25, 0.3) is 5.91 Å². The monoisotopic (exact) mass is 382 g/mol. The summed E-state index contributed by atoms with van der Waals surface area (Å²) in [7, 11) is -3.24. The van der Waals surface area contributed by atoms with E-state index >= 15 is 0 Å². The van der Waals surface area contributed by atoms with Crippen LogP contribution < -0.4 is 11.1 Å². The Bertz CT molecular complexity index is 819. The number of hydrogen-bond acceptors (Lipinski definition) is 7. The van der Waals surface area contributed by atoms with Gasteiger partial charge in [-0.2, -0.15) is 16.6 Å². The zero-order chi connectivity index (χ0) is 18.5. The van der Waals surface area contributed by atoms with Crippen LogP contribution in [-0.2, 0) is 9.84 Å². The van der Waals surface area contributed by atoms with Crippen LogP contribution >= 0.6 is 11.3 Å². The molecule has 0 bridgehead atoms. The predicted octanol–water partition coefficient (Wildman–Crippen LogP) is 1.06. The van der Waals surface area contributed by atoms with Crippen LogP contribution in [0.15, 0.2) is 32.3 Å². The summed E-state index contributed by atoms with van der Waals surface area (Å²) in [6.07, 6.45) is 2.40. The lowest BCUT2D eigenvalue weighted by molar-refractivity contribution is 0.0946. The van der Waals surface area contributed by atoms with Crippen LogP contribution in [0.1, 0.15) is 29.6 Å². The number of rotatable bonds is 8. The zero-order valence-electron chi connectivity index (χ0n) is 13.5. The van der Waals surface area contributed by atoms with Gasteiger partial charge in [0.05, 0.1) is 23.4 Å². The molecule has 1 saturated carbocycles. The molecule has 1 atom stereocenters. The molecule has 25 heavy (non-hydrogen) atoms. The largest absolute Gasteiger partial charge is 0.384 e. The first-order valence-corrected chi connectivity index (χ1v) is 10.4. The number of sulfone groups is 1. The van der Waals surface area contributed by atoms with Gasteiger partial charge in [0, 0.05) is 11.6 Å². The standard InChI is InChI=1S/C14H18N6O3S2/c1-25(22,23)7-3-11(17-13(21)10-2-6-24-8-10)12(16)18-20-19-14(9-15)4-5-14/h2,6,8,11H,3-5,7H2,1H3,(H,17,21)(H2,16,18,19)/t11-/m0/s1. The molecular formula is C14H18N6O3S2. The second-order valence-corrected chi connectivity index (χ2v) is 8.85. The minimum atomic E-state index is -3.24. The summed E-state index contributed by atoms with van der Waals surface area (Å²) in [5, 5.41) is 26.1. The van der Waals surface area contributed by atoms with E-state index in [4.69, 9.17) is 11.0 Å². The molecule has 1 aliphatic rings. The fourth-order valence-corrected chi connectivity index (χ4v) is 3.14. The molecule has 2 rings (SSSR count). The molecular weight excluding hydrogens is 364 g/mol. The molecule has 1 aromatic heterocycles. The molecule has 3 N–H and O–H groups in total. The Morgan fingerprint density at radius 1 is 1.56 bits per heavy atom. The third kappa shape index (κ3) is 5.91. The SMILES string of the molecule is CS(=O)(=O)CC[C@H](NC(=O)c1ccsc1)/C(N)=N/N=NC1(C#N)CC1. The van der Waals surface area contributed by atoms with E-state index in [9.17, 15) is 13.2 Å². The number of thiophene rings is 1. The van der Waals surface area contributed by atoms with Crippen molar-refractivity contribution in [3.05, 3.63) is 22.4 Å². The summed E-state index contributed by atoms with van der Waals surface area (Å²) in [4.78, 5) is 12.2. The van der Waals surface area contributed by atoms with E-state index in [0.717, 1.165) is 6.26 Å². The van der Waals surface area contributed by atoms with Crippen LogP contribution in [-0.4, -0.2) is 43.7 Å². The van der Waals surface area contributed by atoms with Crippen molar-refractivity contribution < 1.29 is 13.2 Å². The molecule has 0 saturated heterocycles. The van der Waals surface area contributed by atoms with Gasteiger partial charge in [0.2, 0.25) is 0 Å². The third-order valence-corrected chi connectivity index (χ3v) is 5.21. The summed E-state index contributed by atoms with van der Waals surface area (Å²) in [5.74, 6) is -0.618. The van der Waals surface area contributed by atoms with E-state index in [1.807, 2.05) is 6.07 Å². The molecule has 0 aromatic carbocycles. The van der Waals surface area contributed by atoms with Gasteiger partial charge in [-0.3, -0.25) is 4.79 Å². The number of nitrogens with one attached hydrogen (secondary N) is 1. The van der Waals surface area contributed by atoms with E-state index in [-0.39, 0.29) is 23.9 Å². The molecule has 0 radical (unpaired) electrons. The maximum atomic E-state index is 12.2. The maximum absolute atomic E-state index is 12.2. The Morgan fingerprint density at radius 3 is 2.80 bits per heavy atom. The van der Waals surface area contributed by atoms with Gasteiger partial charge in [-0.15, -0.1) is 10.2 Å². The summed E-state index contributed by atoms with van der Waals surface area (Å²) in [6.45, 7) is 0. The molecule has 1 aliphatic carbocycles. The fourth-order valence-electron chi connectivity index (χ4n) is 1.84. The summed E-state index contributed by atoms with van der Waals surface area (Å²) >= 11 is 1.36. The minimum Gasteiger partial charge on any atom is -0.384 e. The average molecular weight is 382 g/mol. The Balaban J connectivity index is 2.09. The first-order chi connectivity index (χ1) is 11.7. The van der Waals surface area contributed by atoms with E-state index in [2.05, 4.69) is 20.8 Å². The molecule has 0 spiro atoms. The van der Waals surface area contributed by atoms with Crippen LogP contribution in [0.5, 0.6) is 0 Å². The van der Waals surface area contributed by atoms with Crippen molar-refractivity contribution in [3.8, 4) is 6.07 Å². The van der Waals surface area contributed by atoms with Crippen molar-refractivity contribution in [2.45, 2.75) is 30.8 Å². The van der Waals surface area contributed by atoms with Gasteiger partial charge in [0.15, 0.2) is 5.54 Å². The number of carbonyl (C=O) groups excluding carboxylic acids is 1. The van der Waals surface area contributed by atoms with E-state index in [1.165, 1.54) is 11.3 Å². The number of nitrogens with two attached hydrogens (primary N) is 1. The normalized spacial score (nSPS) is 17.8. The van der Waals surface area contributed by atoms with Gasteiger partial charge in [-0.25, -0.2) is 8.42 Å². The van der Waals surface area contributed by atoms with E-state index in [0.29, 0.717) is 18.4 Å². The van der Waals surface area contributed by atoms with Gasteiger partial charge < -0.3 is 11.1 Å². The van der Waals surface area contributed by atoms with Crippen LogP contribution in [0.2, 0.25) is 0 Å². The molecule has 1 fully saturated rings. The molecule has 9 nitrogen and oxygen atoms in total. The van der Waals surface area contributed by atoms with Gasteiger partial charge in [-0.1, -0.05) is 0 Å². The van der Waals surface area contributed by atoms with Crippen molar-refractivity contribution in [2.75, 3.05) is 12.0 Å². The Labute approximate surface area is 149 Å². The lowest BCUT2D eigenvalue weighted by Crippen LogP contribution is -2.45. The molecule has 134 valence electrons. The van der Waals surface area contributed by atoms with Crippen molar-refractivity contribution >= 4 is 32.9 Å².